The summed E-state index contributed by atoms with van der Waals surface area (Å²) < 4.78 is 39.1. The fraction of sp³-hybridized carbons (Fsp3) is 0.278. The van der Waals surface area contributed by atoms with Crippen molar-refractivity contribution >= 4 is 29.9 Å². The van der Waals surface area contributed by atoms with Crippen LogP contribution in [0.5, 0.6) is 0 Å². The molecule has 0 aliphatic rings. The minimum absolute atomic E-state index is 0. The minimum atomic E-state index is -0.851. The Bertz CT molecular complexity index is 705. The molecule has 25 heavy (non-hydrogen) atoms. The molecule has 3 nitrogen and oxygen atoms in total. The third kappa shape index (κ3) is 6.56. The van der Waals surface area contributed by atoms with Gasteiger partial charge in [0.2, 0.25) is 0 Å². The Morgan fingerprint density at radius 2 is 1.68 bits per heavy atom. The molecule has 0 saturated heterocycles. The summed E-state index contributed by atoms with van der Waals surface area (Å²) in [4.78, 5) is 4.10. The van der Waals surface area contributed by atoms with Gasteiger partial charge >= 0.3 is 0 Å². The second-order valence-electron chi connectivity index (χ2n) is 5.51. The van der Waals surface area contributed by atoms with Crippen LogP contribution in [0.15, 0.2) is 47.5 Å². The summed E-state index contributed by atoms with van der Waals surface area (Å²) >= 11 is 0. The number of hydrogen-bond donors (Lipinski definition) is 2. The zero-order valence-electron chi connectivity index (χ0n) is 14.0. The molecule has 0 radical (unpaired) electrons. The van der Waals surface area contributed by atoms with Crippen LogP contribution < -0.4 is 10.6 Å². The number of halogens is 4. The molecule has 2 aromatic carbocycles. The van der Waals surface area contributed by atoms with E-state index < -0.39 is 11.6 Å². The summed E-state index contributed by atoms with van der Waals surface area (Å²) in [6.45, 7) is 2.92. The van der Waals surface area contributed by atoms with Crippen LogP contribution in [0.4, 0.5) is 13.2 Å². The predicted octanol–water partition coefficient (Wildman–Crippen LogP) is 4.19. The SMILES string of the molecule is CN=C(NCc1ccc(F)cc1)NCC(C)c1ccc(F)c(F)c1.I. The number of nitrogens with zero attached hydrogens (tertiary/aromatic N) is 1. The highest BCUT2D eigenvalue weighted by atomic mass is 127. The van der Waals surface area contributed by atoms with Gasteiger partial charge in [-0.2, -0.15) is 0 Å². The molecule has 0 spiro atoms. The Hall–Kier alpha value is -1.77. The number of nitrogens with one attached hydrogen (secondary N) is 2. The molecule has 0 fully saturated rings. The first kappa shape index (κ1) is 21.3. The third-order valence-electron chi connectivity index (χ3n) is 3.69. The number of hydrogen-bond acceptors (Lipinski definition) is 1. The van der Waals surface area contributed by atoms with E-state index in [-0.39, 0.29) is 35.7 Å². The van der Waals surface area contributed by atoms with Crippen molar-refractivity contribution in [2.24, 2.45) is 4.99 Å². The summed E-state index contributed by atoms with van der Waals surface area (Å²) in [5.41, 5.74) is 1.63. The van der Waals surface area contributed by atoms with Crippen molar-refractivity contribution in [3.8, 4) is 0 Å². The second kappa shape index (κ2) is 10.3. The van der Waals surface area contributed by atoms with Gasteiger partial charge in [-0.25, -0.2) is 13.2 Å². The molecular formula is C18H21F3IN3. The van der Waals surface area contributed by atoms with Crippen molar-refractivity contribution in [1.29, 1.82) is 0 Å². The topological polar surface area (TPSA) is 36.4 Å². The number of guanidine groups is 1. The summed E-state index contributed by atoms with van der Waals surface area (Å²) in [6.07, 6.45) is 0. The van der Waals surface area contributed by atoms with E-state index in [0.717, 1.165) is 11.6 Å². The van der Waals surface area contributed by atoms with E-state index in [4.69, 9.17) is 0 Å². The van der Waals surface area contributed by atoms with Gasteiger partial charge in [0.25, 0.3) is 0 Å². The van der Waals surface area contributed by atoms with Gasteiger partial charge in [0.1, 0.15) is 5.82 Å². The normalized spacial score (nSPS) is 12.3. The fourth-order valence-corrected chi connectivity index (χ4v) is 2.20. The van der Waals surface area contributed by atoms with Crippen molar-refractivity contribution in [3.63, 3.8) is 0 Å². The molecule has 2 rings (SSSR count). The van der Waals surface area contributed by atoms with Crippen LogP contribution in [0, 0.1) is 17.5 Å². The van der Waals surface area contributed by atoms with Crippen molar-refractivity contribution in [2.45, 2.75) is 19.4 Å². The molecule has 7 heteroatoms. The lowest BCUT2D eigenvalue weighted by molar-refractivity contribution is 0.505. The summed E-state index contributed by atoms with van der Waals surface area (Å²) in [5, 5.41) is 6.25. The summed E-state index contributed by atoms with van der Waals surface area (Å²) in [7, 11) is 1.64. The maximum atomic E-state index is 13.3. The van der Waals surface area contributed by atoms with Crippen molar-refractivity contribution in [1.82, 2.24) is 10.6 Å². The van der Waals surface area contributed by atoms with E-state index in [0.29, 0.717) is 24.6 Å². The van der Waals surface area contributed by atoms with Crippen molar-refractivity contribution in [3.05, 3.63) is 71.0 Å². The van der Waals surface area contributed by atoms with Crippen LogP contribution in [0.1, 0.15) is 24.0 Å². The zero-order valence-corrected chi connectivity index (χ0v) is 16.4. The second-order valence-corrected chi connectivity index (χ2v) is 5.51. The first-order chi connectivity index (χ1) is 11.5. The Morgan fingerprint density at radius 1 is 1.00 bits per heavy atom. The average Bonchev–Trinajstić information content (AvgIpc) is 2.58. The van der Waals surface area contributed by atoms with Gasteiger partial charge in [-0.1, -0.05) is 25.1 Å². The van der Waals surface area contributed by atoms with Crippen molar-refractivity contribution in [2.75, 3.05) is 13.6 Å². The monoisotopic (exact) mass is 463 g/mol. The Balaban J connectivity index is 0.00000312. The van der Waals surface area contributed by atoms with E-state index in [1.165, 1.54) is 18.2 Å². The van der Waals surface area contributed by atoms with Crippen LogP contribution >= 0.6 is 24.0 Å². The zero-order chi connectivity index (χ0) is 17.5. The van der Waals surface area contributed by atoms with Crippen LogP contribution in [-0.2, 0) is 6.54 Å². The Morgan fingerprint density at radius 3 is 2.28 bits per heavy atom. The van der Waals surface area contributed by atoms with E-state index in [2.05, 4.69) is 15.6 Å². The summed E-state index contributed by atoms with van der Waals surface area (Å²) in [5.74, 6) is -1.42. The molecule has 1 atom stereocenters. The van der Waals surface area contributed by atoms with Gasteiger partial charge in [0.05, 0.1) is 0 Å². The van der Waals surface area contributed by atoms with Crippen LogP contribution in [0.2, 0.25) is 0 Å². The standard InChI is InChI=1S/C18H20F3N3.HI/c1-12(14-5-8-16(20)17(21)9-14)10-23-18(22-2)24-11-13-3-6-15(19)7-4-13;/h3-9,12H,10-11H2,1-2H3,(H2,22,23,24);1H. The lowest BCUT2D eigenvalue weighted by Gasteiger charge is -2.16. The van der Waals surface area contributed by atoms with Crippen LogP contribution in [0.25, 0.3) is 0 Å². The number of benzene rings is 2. The highest BCUT2D eigenvalue weighted by molar-refractivity contribution is 14.0. The number of aliphatic imine (C=N–C) groups is 1. The van der Waals surface area contributed by atoms with E-state index in [9.17, 15) is 13.2 Å². The molecule has 0 bridgehead atoms. The van der Waals surface area contributed by atoms with Gasteiger partial charge in [-0.05, 0) is 41.3 Å². The molecule has 0 amide bonds. The lowest BCUT2D eigenvalue weighted by Crippen LogP contribution is -2.38. The largest absolute Gasteiger partial charge is 0.356 e. The van der Waals surface area contributed by atoms with Crippen molar-refractivity contribution < 1.29 is 13.2 Å². The van der Waals surface area contributed by atoms with Gasteiger partial charge in [0.15, 0.2) is 17.6 Å². The van der Waals surface area contributed by atoms with E-state index in [1.54, 1.807) is 25.2 Å². The highest BCUT2D eigenvalue weighted by Gasteiger charge is 2.10. The molecule has 0 heterocycles. The maximum Gasteiger partial charge on any atom is 0.191 e. The molecule has 2 N–H and O–H groups in total. The van der Waals surface area contributed by atoms with Gasteiger partial charge < -0.3 is 10.6 Å². The fourth-order valence-electron chi connectivity index (χ4n) is 2.20. The predicted molar refractivity (Wildman–Crippen MR) is 105 cm³/mol. The maximum absolute atomic E-state index is 13.3. The molecule has 1 unspecified atom stereocenters. The lowest BCUT2D eigenvalue weighted by atomic mass is 10.0. The van der Waals surface area contributed by atoms with Gasteiger partial charge in [-0.15, -0.1) is 24.0 Å². The molecular weight excluding hydrogens is 442 g/mol. The van der Waals surface area contributed by atoms with E-state index >= 15 is 0 Å². The molecule has 2 aromatic rings. The van der Waals surface area contributed by atoms with Crippen LogP contribution in [-0.4, -0.2) is 19.6 Å². The molecule has 136 valence electrons. The molecule has 0 saturated carbocycles. The van der Waals surface area contributed by atoms with Crippen LogP contribution in [0.3, 0.4) is 0 Å². The van der Waals surface area contributed by atoms with Gasteiger partial charge in [0, 0.05) is 20.1 Å². The Kier molecular flexibility index (Phi) is 8.74. The highest BCUT2D eigenvalue weighted by Crippen LogP contribution is 2.17. The quantitative estimate of drug-likeness (QED) is 0.397. The summed E-state index contributed by atoms with van der Waals surface area (Å²) in [6, 6.07) is 10.1. The molecule has 0 aliphatic carbocycles. The third-order valence-corrected chi connectivity index (χ3v) is 3.69. The smallest absolute Gasteiger partial charge is 0.191 e. The average molecular weight is 463 g/mol. The number of rotatable bonds is 5. The Labute approximate surface area is 162 Å². The van der Waals surface area contributed by atoms with E-state index in [1.807, 2.05) is 6.92 Å². The first-order valence-corrected chi connectivity index (χ1v) is 7.63. The molecule has 0 aromatic heterocycles. The first-order valence-electron chi connectivity index (χ1n) is 7.63. The molecule has 0 aliphatic heterocycles. The van der Waals surface area contributed by atoms with Gasteiger partial charge in [-0.3, -0.25) is 4.99 Å². The minimum Gasteiger partial charge on any atom is -0.356 e.